The Morgan fingerprint density at radius 2 is 1.81 bits per heavy atom. The molecule has 144 valence electrons. The van der Waals surface area contributed by atoms with Gasteiger partial charge in [-0.25, -0.2) is 4.79 Å². The van der Waals surface area contributed by atoms with Crippen LogP contribution in [0.25, 0.3) is 0 Å². The van der Waals surface area contributed by atoms with Crippen LogP contribution in [0.3, 0.4) is 0 Å². The van der Waals surface area contributed by atoms with Crippen LogP contribution in [0.15, 0.2) is 18.2 Å². The first kappa shape index (κ1) is 16.9. The molecule has 1 heterocycles. The Kier molecular flexibility index (Phi) is 3.85. The summed E-state index contributed by atoms with van der Waals surface area (Å²) in [7, 11) is 1.76. The van der Waals surface area contributed by atoms with E-state index in [2.05, 4.69) is 10.6 Å². The molecule has 3 amide bonds. The molecule has 6 rings (SSSR count). The Morgan fingerprint density at radius 1 is 1.15 bits per heavy atom. The minimum atomic E-state index is -0.160. The monoisotopic (exact) mass is 369 g/mol. The molecule has 1 aromatic rings. The van der Waals surface area contributed by atoms with Gasteiger partial charge in [0.1, 0.15) is 12.4 Å². The van der Waals surface area contributed by atoms with Crippen molar-refractivity contribution in [1.29, 1.82) is 0 Å². The van der Waals surface area contributed by atoms with Gasteiger partial charge in [-0.3, -0.25) is 4.79 Å². The number of likely N-dealkylation sites (N-methyl/N-ethyl adjacent to an activating group) is 1. The molecule has 4 bridgehead atoms. The number of hydrogen-bond acceptors (Lipinski definition) is 3. The average Bonchev–Trinajstić information content (AvgIpc) is 2.73. The molecule has 0 saturated heterocycles. The summed E-state index contributed by atoms with van der Waals surface area (Å²) in [6, 6.07) is 5.13. The molecule has 5 aliphatic rings. The van der Waals surface area contributed by atoms with Gasteiger partial charge in [-0.1, -0.05) is 0 Å². The minimum absolute atomic E-state index is 0.0241. The fourth-order valence-electron chi connectivity index (χ4n) is 6.17. The smallest absolute Gasteiger partial charge is 0.319 e. The number of amides is 3. The van der Waals surface area contributed by atoms with Crippen LogP contribution in [-0.2, 0) is 0 Å². The summed E-state index contributed by atoms with van der Waals surface area (Å²) in [5.41, 5.74) is 1.11. The SMILES string of the molecule is CN1CCOc2ccc(NC(=O)NC34CC5CC(CC(C5)C3)C4)cc2C1=O. The first-order valence-electron chi connectivity index (χ1n) is 10.1. The Hall–Kier alpha value is -2.24. The predicted molar refractivity (Wildman–Crippen MR) is 102 cm³/mol. The molecular formula is C21H27N3O3. The van der Waals surface area contributed by atoms with Gasteiger partial charge in [0.2, 0.25) is 0 Å². The lowest BCUT2D eigenvalue weighted by Gasteiger charge is -2.56. The van der Waals surface area contributed by atoms with Crippen LogP contribution in [0, 0.1) is 17.8 Å². The number of urea groups is 1. The largest absolute Gasteiger partial charge is 0.491 e. The highest BCUT2D eigenvalue weighted by atomic mass is 16.5. The topological polar surface area (TPSA) is 70.7 Å². The summed E-state index contributed by atoms with van der Waals surface area (Å²) in [4.78, 5) is 26.9. The van der Waals surface area contributed by atoms with E-state index in [0.717, 1.165) is 37.0 Å². The number of benzene rings is 1. The maximum absolute atomic E-state index is 12.7. The van der Waals surface area contributed by atoms with Gasteiger partial charge in [-0.15, -0.1) is 0 Å². The number of ether oxygens (including phenoxy) is 1. The van der Waals surface area contributed by atoms with Crippen LogP contribution in [0.2, 0.25) is 0 Å². The molecule has 0 atom stereocenters. The lowest BCUT2D eigenvalue weighted by atomic mass is 9.53. The lowest BCUT2D eigenvalue weighted by molar-refractivity contribution is -0.0127. The number of nitrogens with one attached hydrogen (secondary N) is 2. The first-order chi connectivity index (χ1) is 13.0. The van der Waals surface area contributed by atoms with Crippen molar-refractivity contribution >= 4 is 17.6 Å². The number of nitrogens with zero attached hydrogens (tertiary/aromatic N) is 1. The van der Waals surface area contributed by atoms with E-state index < -0.39 is 0 Å². The summed E-state index contributed by atoms with van der Waals surface area (Å²) in [6.07, 6.45) is 7.41. The molecule has 27 heavy (non-hydrogen) atoms. The highest BCUT2D eigenvalue weighted by Gasteiger charge is 2.51. The number of hydrogen-bond donors (Lipinski definition) is 2. The van der Waals surface area contributed by atoms with Gasteiger partial charge in [-0.2, -0.15) is 0 Å². The zero-order valence-electron chi connectivity index (χ0n) is 15.8. The van der Waals surface area contributed by atoms with E-state index in [-0.39, 0.29) is 17.5 Å². The minimum Gasteiger partial charge on any atom is -0.491 e. The number of rotatable bonds is 2. The van der Waals surface area contributed by atoms with Crippen LogP contribution in [-0.4, -0.2) is 42.6 Å². The van der Waals surface area contributed by atoms with Crippen molar-refractivity contribution in [2.24, 2.45) is 17.8 Å². The highest BCUT2D eigenvalue weighted by molar-refractivity contribution is 5.99. The molecule has 4 fully saturated rings. The summed E-state index contributed by atoms with van der Waals surface area (Å²) in [5.74, 6) is 2.86. The normalized spacial score (nSPS) is 33.9. The summed E-state index contributed by atoms with van der Waals surface area (Å²) >= 11 is 0. The number of carbonyl (C=O) groups excluding carboxylic acids is 2. The van der Waals surface area contributed by atoms with Crippen molar-refractivity contribution in [2.75, 3.05) is 25.5 Å². The molecule has 6 heteroatoms. The van der Waals surface area contributed by atoms with Crippen molar-refractivity contribution in [3.63, 3.8) is 0 Å². The van der Waals surface area contributed by atoms with Crippen molar-refractivity contribution in [3.05, 3.63) is 23.8 Å². The zero-order valence-corrected chi connectivity index (χ0v) is 15.8. The van der Waals surface area contributed by atoms with E-state index in [1.165, 1.54) is 19.3 Å². The van der Waals surface area contributed by atoms with Crippen LogP contribution >= 0.6 is 0 Å². The predicted octanol–water partition coefficient (Wildman–Crippen LogP) is 3.24. The van der Waals surface area contributed by atoms with E-state index in [0.29, 0.717) is 30.2 Å². The van der Waals surface area contributed by atoms with Crippen LogP contribution in [0.1, 0.15) is 48.9 Å². The molecule has 6 nitrogen and oxygen atoms in total. The van der Waals surface area contributed by atoms with Crippen LogP contribution < -0.4 is 15.4 Å². The third-order valence-electron chi connectivity index (χ3n) is 6.92. The Balaban J connectivity index is 1.30. The van der Waals surface area contributed by atoms with Crippen molar-refractivity contribution in [2.45, 2.75) is 44.1 Å². The van der Waals surface area contributed by atoms with Gasteiger partial charge >= 0.3 is 6.03 Å². The van der Waals surface area contributed by atoms with Gasteiger partial charge in [0.05, 0.1) is 12.1 Å². The maximum Gasteiger partial charge on any atom is 0.319 e. The summed E-state index contributed by atoms with van der Waals surface area (Å²) in [6.45, 7) is 1.04. The Bertz CT molecular complexity index is 756. The van der Waals surface area contributed by atoms with Crippen molar-refractivity contribution in [1.82, 2.24) is 10.2 Å². The number of anilines is 1. The molecule has 0 aromatic heterocycles. The van der Waals surface area contributed by atoms with Gasteiger partial charge in [0.25, 0.3) is 5.91 Å². The van der Waals surface area contributed by atoms with E-state index >= 15 is 0 Å². The molecular weight excluding hydrogens is 342 g/mol. The second kappa shape index (κ2) is 6.14. The van der Waals surface area contributed by atoms with Crippen LogP contribution in [0.5, 0.6) is 5.75 Å². The number of carbonyl (C=O) groups is 2. The van der Waals surface area contributed by atoms with E-state index in [1.54, 1.807) is 30.1 Å². The third-order valence-corrected chi connectivity index (χ3v) is 6.92. The third kappa shape index (κ3) is 3.05. The Labute approximate surface area is 159 Å². The van der Waals surface area contributed by atoms with Gasteiger partial charge in [0.15, 0.2) is 0 Å². The quantitative estimate of drug-likeness (QED) is 0.841. The van der Waals surface area contributed by atoms with E-state index in [1.807, 2.05) is 0 Å². The molecule has 0 radical (unpaired) electrons. The van der Waals surface area contributed by atoms with Gasteiger partial charge < -0.3 is 20.3 Å². The average molecular weight is 369 g/mol. The Morgan fingerprint density at radius 3 is 2.48 bits per heavy atom. The lowest BCUT2D eigenvalue weighted by Crippen LogP contribution is -2.60. The van der Waals surface area contributed by atoms with E-state index in [4.69, 9.17) is 4.74 Å². The molecule has 1 aliphatic heterocycles. The molecule has 0 unspecified atom stereocenters. The summed E-state index contributed by atoms with van der Waals surface area (Å²) in [5, 5.41) is 6.26. The fraction of sp³-hybridized carbons (Fsp3) is 0.619. The van der Waals surface area contributed by atoms with Gasteiger partial charge in [-0.05, 0) is 74.5 Å². The van der Waals surface area contributed by atoms with Gasteiger partial charge in [0, 0.05) is 18.3 Å². The summed E-state index contributed by atoms with van der Waals surface area (Å²) < 4.78 is 5.65. The molecule has 4 aliphatic carbocycles. The molecule has 0 spiro atoms. The van der Waals surface area contributed by atoms with E-state index in [9.17, 15) is 9.59 Å². The van der Waals surface area contributed by atoms with Crippen molar-refractivity contribution < 1.29 is 14.3 Å². The van der Waals surface area contributed by atoms with Crippen LogP contribution in [0.4, 0.5) is 10.5 Å². The number of fused-ring (bicyclic) bond motifs is 1. The standard InChI is InChI=1S/C21H27N3O3/c1-24-4-5-27-18-3-2-16(9-17(18)19(24)25)22-20(26)23-21-10-13-6-14(11-21)8-15(7-13)12-21/h2-3,9,13-15H,4-8,10-12H2,1H3,(H2,22,23,26). The first-order valence-corrected chi connectivity index (χ1v) is 10.1. The molecule has 1 aromatic carbocycles. The second-order valence-corrected chi connectivity index (χ2v) is 9.06. The fourth-order valence-corrected chi connectivity index (χ4v) is 6.17. The van der Waals surface area contributed by atoms with Crippen molar-refractivity contribution in [3.8, 4) is 5.75 Å². The zero-order chi connectivity index (χ0) is 18.6. The molecule has 4 saturated carbocycles. The maximum atomic E-state index is 12.7. The second-order valence-electron chi connectivity index (χ2n) is 9.06. The molecule has 2 N–H and O–H groups in total. The highest BCUT2D eigenvalue weighted by Crippen LogP contribution is 2.55.